The Labute approximate surface area is 146 Å². The van der Waals surface area contributed by atoms with Gasteiger partial charge in [-0.2, -0.15) is 0 Å². The minimum Gasteiger partial charge on any atom is -0.489 e. The van der Waals surface area contributed by atoms with Crippen LogP contribution in [0.3, 0.4) is 0 Å². The summed E-state index contributed by atoms with van der Waals surface area (Å²) in [7, 11) is 0. The molecule has 2 aromatic rings. The van der Waals surface area contributed by atoms with Gasteiger partial charge in [0.2, 0.25) is 5.78 Å². The van der Waals surface area contributed by atoms with Gasteiger partial charge >= 0.3 is 5.97 Å². The molecule has 0 amide bonds. The van der Waals surface area contributed by atoms with Crippen molar-refractivity contribution >= 4 is 11.8 Å². The highest BCUT2D eigenvalue weighted by Crippen LogP contribution is 2.31. The molecule has 5 heteroatoms. The second kappa shape index (κ2) is 6.59. The smallest absolute Gasteiger partial charge is 0.338 e. The van der Waals surface area contributed by atoms with Crippen LogP contribution in [-0.4, -0.2) is 30.1 Å². The first-order chi connectivity index (χ1) is 11.8. The number of ether oxygens (including phenoxy) is 3. The zero-order valence-electron chi connectivity index (χ0n) is 14.4. The average Bonchev–Trinajstić information content (AvgIpc) is 2.88. The Bertz CT molecular complexity index is 789. The quantitative estimate of drug-likeness (QED) is 0.795. The maximum Gasteiger partial charge on any atom is 0.338 e. The van der Waals surface area contributed by atoms with Gasteiger partial charge < -0.3 is 14.2 Å². The summed E-state index contributed by atoms with van der Waals surface area (Å²) in [6, 6.07) is 13.9. The molecule has 0 fully saturated rings. The van der Waals surface area contributed by atoms with Crippen molar-refractivity contribution in [2.24, 2.45) is 0 Å². The van der Waals surface area contributed by atoms with Crippen molar-refractivity contribution in [3.63, 3.8) is 0 Å². The van der Waals surface area contributed by atoms with E-state index in [-0.39, 0.29) is 12.4 Å². The minimum absolute atomic E-state index is 0.110. The fourth-order valence-electron chi connectivity index (χ4n) is 2.47. The lowest BCUT2D eigenvalue weighted by atomic mass is 10.1. The SMILES string of the molecule is CC(C)(C)OC(=O)c1ccc2c(c1)OC(COc1ccccc1)C2=O. The second-order valence-electron chi connectivity index (χ2n) is 6.81. The lowest BCUT2D eigenvalue weighted by Crippen LogP contribution is -2.28. The number of Topliss-reactive ketones (excluding diaryl/α,β-unsaturated/α-hetero) is 1. The summed E-state index contributed by atoms with van der Waals surface area (Å²) < 4.78 is 16.6. The number of hydrogen-bond acceptors (Lipinski definition) is 5. The molecule has 0 aliphatic carbocycles. The molecule has 1 aliphatic heterocycles. The Morgan fingerprint density at radius 2 is 1.84 bits per heavy atom. The van der Waals surface area contributed by atoms with Gasteiger partial charge in [-0.25, -0.2) is 4.79 Å². The number of para-hydroxylation sites is 1. The first-order valence-electron chi connectivity index (χ1n) is 8.09. The molecule has 130 valence electrons. The Morgan fingerprint density at radius 1 is 1.12 bits per heavy atom. The summed E-state index contributed by atoms with van der Waals surface area (Å²) in [6.45, 7) is 5.51. The van der Waals surface area contributed by atoms with Crippen molar-refractivity contribution in [1.82, 2.24) is 0 Å². The highest BCUT2D eigenvalue weighted by molar-refractivity contribution is 6.05. The molecule has 5 nitrogen and oxygen atoms in total. The predicted octanol–water partition coefficient (Wildman–Crippen LogP) is 3.66. The van der Waals surface area contributed by atoms with Crippen LogP contribution in [-0.2, 0) is 4.74 Å². The Kier molecular flexibility index (Phi) is 4.49. The zero-order chi connectivity index (χ0) is 18.0. The molecule has 0 spiro atoms. The van der Waals surface area contributed by atoms with Crippen molar-refractivity contribution < 1.29 is 23.8 Å². The van der Waals surface area contributed by atoms with Gasteiger partial charge in [-0.1, -0.05) is 18.2 Å². The van der Waals surface area contributed by atoms with Crippen molar-refractivity contribution in [3.05, 3.63) is 59.7 Å². The molecule has 0 N–H and O–H groups in total. The van der Waals surface area contributed by atoms with Crippen LogP contribution in [0.2, 0.25) is 0 Å². The maximum absolute atomic E-state index is 12.4. The Morgan fingerprint density at radius 3 is 2.52 bits per heavy atom. The van der Waals surface area contributed by atoms with Crippen molar-refractivity contribution in [1.29, 1.82) is 0 Å². The van der Waals surface area contributed by atoms with E-state index in [1.54, 1.807) is 39.0 Å². The van der Waals surface area contributed by atoms with E-state index in [0.29, 0.717) is 22.6 Å². The number of esters is 1. The van der Waals surface area contributed by atoms with Crippen LogP contribution in [0.25, 0.3) is 0 Å². The molecular weight excluding hydrogens is 320 g/mol. The van der Waals surface area contributed by atoms with E-state index < -0.39 is 17.7 Å². The minimum atomic E-state index is -0.718. The van der Waals surface area contributed by atoms with Gasteiger partial charge in [0, 0.05) is 0 Å². The van der Waals surface area contributed by atoms with E-state index >= 15 is 0 Å². The van der Waals surface area contributed by atoms with Crippen LogP contribution < -0.4 is 9.47 Å². The van der Waals surface area contributed by atoms with Crippen LogP contribution in [0.15, 0.2) is 48.5 Å². The first kappa shape index (κ1) is 17.0. The molecule has 0 radical (unpaired) electrons. The third kappa shape index (κ3) is 3.99. The molecule has 1 heterocycles. The van der Waals surface area contributed by atoms with Crippen molar-refractivity contribution in [2.75, 3.05) is 6.61 Å². The predicted molar refractivity (Wildman–Crippen MR) is 92.3 cm³/mol. The maximum atomic E-state index is 12.4. The largest absolute Gasteiger partial charge is 0.489 e. The molecule has 3 rings (SSSR count). The summed E-state index contributed by atoms with van der Waals surface area (Å²) in [6.07, 6.45) is -0.718. The van der Waals surface area contributed by atoms with E-state index in [2.05, 4.69) is 0 Å². The van der Waals surface area contributed by atoms with Gasteiger partial charge in [0.05, 0.1) is 11.1 Å². The number of carbonyl (C=O) groups is 2. The molecule has 0 saturated heterocycles. The van der Waals surface area contributed by atoms with E-state index in [0.717, 1.165) is 0 Å². The van der Waals surface area contributed by atoms with Crippen molar-refractivity contribution in [3.8, 4) is 11.5 Å². The van der Waals surface area contributed by atoms with E-state index in [9.17, 15) is 9.59 Å². The summed E-state index contributed by atoms with van der Waals surface area (Å²) in [5.74, 6) is 0.455. The molecule has 0 bridgehead atoms. The third-order valence-electron chi connectivity index (χ3n) is 3.59. The van der Waals surface area contributed by atoms with Gasteiger partial charge in [-0.05, 0) is 51.1 Å². The Hall–Kier alpha value is -2.82. The highest BCUT2D eigenvalue weighted by Gasteiger charge is 2.34. The fraction of sp³-hybridized carbons (Fsp3) is 0.300. The summed E-state index contributed by atoms with van der Waals surface area (Å²) in [4.78, 5) is 24.6. The number of fused-ring (bicyclic) bond motifs is 1. The van der Waals surface area contributed by atoms with Gasteiger partial charge in [0.1, 0.15) is 23.7 Å². The molecule has 1 atom stereocenters. The van der Waals surface area contributed by atoms with Gasteiger partial charge in [-0.3, -0.25) is 4.79 Å². The van der Waals surface area contributed by atoms with Crippen LogP contribution in [0.5, 0.6) is 11.5 Å². The number of ketones is 1. The monoisotopic (exact) mass is 340 g/mol. The fourth-order valence-corrected chi connectivity index (χ4v) is 2.47. The van der Waals surface area contributed by atoms with Crippen LogP contribution in [0, 0.1) is 0 Å². The topological polar surface area (TPSA) is 61.8 Å². The standard InChI is InChI=1S/C20H20O5/c1-20(2,3)25-19(22)13-9-10-15-16(11-13)24-17(18(15)21)12-23-14-7-5-4-6-8-14/h4-11,17H,12H2,1-3H3. The third-order valence-corrected chi connectivity index (χ3v) is 3.59. The molecule has 0 aromatic heterocycles. The summed E-state index contributed by atoms with van der Waals surface area (Å²) >= 11 is 0. The number of rotatable bonds is 4. The van der Waals surface area contributed by atoms with Crippen LogP contribution in [0.1, 0.15) is 41.5 Å². The summed E-state index contributed by atoms with van der Waals surface area (Å²) in [5, 5.41) is 0. The number of hydrogen-bond donors (Lipinski definition) is 0. The number of carbonyl (C=O) groups excluding carboxylic acids is 2. The number of benzene rings is 2. The lowest BCUT2D eigenvalue weighted by molar-refractivity contribution is 0.00690. The molecule has 1 unspecified atom stereocenters. The van der Waals surface area contributed by atoms with Gasteiger partial charge in [0.25, 0.3) is 0 Å². The van der Waals surface area contributed by atoms with E-state index in [4.69, 9.17) is 14.2 Å². The van der Waals surface area contributed by atoms with E-state index in [1.165, 1.54) is 0 Å². The Balaban J connectivity index is 1.70. The lowest BCUT2D eigenvalue weighted by Gasteiger charge is -2.19. The zero-order valence-corrected chi connectivity index (χ0v) is 14.4. The van der Waals surface area contributed by atoms with Gasteiger partial charge in [-0.15, -0.1) is 0 Å². The average molecular weight is 340 g/mol. The second-order valence-corrected chi connectivity index (χ2v) is 6.81. The highest BCUT2D eigenvalue weighted by atomic mass is 16.6. The molecular formula is C20H20O5. The molecule has 2 aromatic carbocycles. The normalized spacial score (nSPS) is 16.1. The van der Waals surface area contributed by atoms with Crippen LogP contribution >= 0.6 is 0 Å². The van der Waals surface area contributed by atoms with Gasteiger partial charge in [0.15, 0.2) is 6.10 Å². The first-order valence-corrected chi connectivity index (χ1v) is 8.09. The molecule has 1 aliphatic rings. The van der Waals surface area contributed by atoms with Crippen molar-refractivity contribution in [2.45, 2.75) is 32.5 Å². The summed E-state index contributed by atoms with van der Waals surface area (Å²) in [5.41, 5.74) is 0.221. The molecule has 25 heavy (non-hydrogen) atoms. The van der Waals surface area contributed by atoms with Crippen LogP contribution in [0.4, 0.5) is 0 Å². The molecule has 0 saturated carbocycles. The van der Waals surface area contributed by atoms with E-state index in [1.807, 2.05) is 30.3 Å².